The Kier molecular flexibility index (Phi) is 4.70. The topological polar surface area (TPSA) is 9.23 Å². The van der Waals surface area contributed by atoms with Gasteiger partial charge in [-0.15, -0.1) is 0 Å². The first kappa shape index (κ1) is 14.9. The zero-order chi connectivity index (χ0) is 14.7. The van der Waals surface area contributed by atoms with Gasteiger partial charge in [-0.1, -0.05) is 22.0 Å². The fraction of sp³-hybridized carbons (Fsp3) is 0.200. The van der Waals surface area contributed by atoms with Crippen LogP contribution in [0.5, 0.6) is 5.75 Å². The Morgan fingerprint density at radius 3 is 2.35 bits per heavy atom. The number of ether oxygens (including phenoxy) is 1. The van der Waals surface area contributed by atoms with Crippen molar-refractivity contribution in [1.82, 2.24) is 0 Å². The Balaban J connectivity index is 2.33. The molecule has 0 saturated heterocycles. The molecule has 0 fully saturated rings. The molecule has 0 aliphatic heterocycles. The highest BCUT2D eigenvalue weighted by Gasteiger charge is 2.18. The van der Waals surface area contributed by atoms with E-state index in [1.165, 1.54) is 43.5 Å². The van der Waals surface area contributed by atoms with Crippen molar-refractivity contribution < 1.29 is 17.9 Å². The van der Waals surface area contributed by atoms with Crippen LogP contribution in [0.4, 0.5) is 13.2 Å². The summed E-state index contributed by atoms with van der Waals surface area (Å²) in [5.74, 6) is -1.21. The van der Waals surface area contributed by atoms with Crippen LogP contribution in [-0.2, 0) is 6.42 Å². The summed E-state index contributed by atoms with van der Waals surface area (Å²) >= 11 is 3.34. The summed E-state index contributed by atoms with van der Waals surface area (Å²) in [6, 6.07) is 7.74. The third kappa shape index (κ3) is 3.15. The minimum atomic E-state index is -0.621. The second-order valence-electron chi connectivity index (χ2n) is 4.26. The van der Waals surface area contributed by atoms with Crippen LogP contribution in [0.25, 0.3) is 0 Å². The maximum atomic E-state index is 13.6. The molecule has 2 aromatic carbocycles. The van der Waals surface area contributed by atoms with Gasteiger partial charge in [0.25, 0.3) is 0 Å². The van der Waals surface area contributed by atoms with E-state index in [1.54, 1.807) is 0 Å². The lowest BCUT2D eigenvalue weighted by molar-refractivity contribution is 0.407. The Morgan fingerprint density at radius 1 is 1.10 bits per heavy atom. The number of benzene rings is 2. The molecule has 1 unspecified atom stereocenters. The van der Waals surface area contributed by atoms with E-state index in [4.69, 9.17) is 4.74 Å². The van der Waals surface area contributed by atoms with Gasteiger partial charge in [-0.3, -0.25) is 0 Å². The van der Waals surface area contributed by atoms with Crippen LogP contribution in [0.3, 0.4) is 0 Å². The van der Waals surface area contributed by atoms with E-state index in [0.717, 1.165) is 0 Å². The van der Waals surface area contributed by atoms with Crippen LogP contribution >= 0.6 is 15.9 Å². The van der Waals surface area contributed by atoms with E-state index in [-0.39, 0.29) is 12.0 Å². The number of alkyl halides is 1. The van der Waals surface area contributed by atoms with Gasteiger partial charge in [0.15, 0.2) is 0 Å². The predicted molar refractivity (Wildman–Crippen MR) is 74.7 cm³/mol. The standard InChI is InChI=1S/C15H12BrF3O/c1-20-15-6-5-9(17)7-10(15)12(16)8-11-13(18)3-2-4-14(11)19/h2-7,12H,8H2,1H3. The van der Waals surface area contributed by atoms with Gasteiger partial charge in [-0.25, -0.2) is 13.2 Å². The van der Waals surface area contributed by atoms with Crippen molar-refractivity contribution in [2.24, 2.45) is 0 Å². The lowest BCUT2D eigenvalue weighted by Gasteiger charge is -2.15. The molecule has 0 saturated carbocycles. The van der Waals surface area contributed by atoms with E-state index in [2.05, 4.69) is 15.9 Å². The van der Waals surface area contributed by atoms with Crippen LogP contribution in [0.15, 0.2) is 36.4 Å². The Hall–Kier alpha value is -1.49. The molecule has 1 atom stereocenters. The molecule has 0 heterocycles. The number of hydrogen-bond donors (Lipinski definition) is 0. The van der Waals surface area contributed by atoms with Gasteiger partial charge in [-0.2, -0.15) is 0 Å². The van der Waals surface area contributed by atoms with Gasteiger partial charge >= 0.3 is 0 Å². The summed E-state index contributed by atoms with van der Waals surface area (Å²) in [6.07, 6.45) is 0.0539. The molecule has 1 nitrogen and oxygen atoms in total. The molecule has 0 radical (unpaired) electrons. The fourth-order valence-electron chi connectivity index (χ4n) is 1.97. The summed E-state index contributed by atoms with van der Waals surface area (Å²) in [7, 11) is 1.46. The van der Waals surface area contributed by atoms with Crippen molar-refractivity contribution in [3.05, 3.63) is 65.0 Å². The first-order valence-electron chi connectivity index (χ1n) is 5.93. The molecule has 0 aliphatic rings. The zero-order valence-electron chi connectivity index (χ0n) is 10.7. The molecule has 0 bridgehead atoms. The maximum absolute atomic E-state index is 13.6. The molecular formula is C15H12BrF3O. The van der Waals surface area contributed by atoms with Gasteiger partial charge in [0.2, 0.25) is 0 Å². The minimum absolute atomic E-state index is 0.0410. The molecule has 20 heavy (non-hydrogen) atoms. The quantitative estimate of drug-likeness (QED) is 0.724. The summed E-state index contributed by atoms with van der Waals surface area (Å²) in [5, 5.41) is 0. The van der Waals surface area contributed by atoms with E-state index in [0.29, 0.717) is 11.3 Å². The van der Waals surface area contributed by atoms with Crippen molar-refractivity contribution in [1.29, 1.82) is 0 Å². The van der Waals surface area contributed by atoms with Crippen LogP contribution in [0.1, 0.15) is 16.0 Å². The largest absolute Gasteiger partial charge is 0.496 e. The molecule has 2 aromatic rings. The summed E-state index contributed by atoms with van der Waals surface area (Å²) in [5.41, 5.74) is 0.468. The van der Waals surface area contributed by atoms with Crippen molar-refractivity contribution >= 4 is 15.9 Å². The summed E-state index contributed by atoms with van der Waals surface area (Å²) in [6.45, 7) is 0. The number of rotatable bonds is 4. The van der Waals surface area contributed by atoms with E-state index >= 15 is 0 Å². The number of methoxy groups -OCH3 is 1. The van der Waals surface area contributed by atoms with Crippen molar-refractivity contribution in [3.63, 3.8) is 0 Å². The molecule has 0 amide bonds. The molecule has 106 valence electrons. The summed E-state index contributed by atoms with van der Waals surface area (Å²) in [4.78, 5) is -0.459. The minimum Gasteiger partial charge on any atom is -0.496 e. The second kappa shape index (κ2) is 6.31. The third-order valence-corrected chi connectivity index (χ3v) is 3.79. The average Bonchev–Trinajstić information content (AvgIpc) is 2.43. The Bertz CT molecular complexity index is 596. The number of halogens is 4. The monoisotopic (exact) mass is 344 g/mol. The average molecular weight is 345 g/mol. The maximum Gasteiger partial charge on any atom is 0.129 e. The highest BCUT2D eigenvalue weighted by Crippen LogP contribution is 2.35. The zero-order valence-corrected chi connectivity index (χ0v) is 12.3. The molecule has 0 N–H and O–H groups in total. The molecule has 0 aliphatic carbocycles. The first-order valence-corrected chi connectivity index (χ1v) is 6.85. The van der Waals surface area contributed by atoms with Crippen LogP contribution in [0.2, 0.25) is 0 Å². The van der Waals surface area contributed by atoms with Gasteiger partial charge in [0.1, 0.15) is 23.2 Å². The van der Waals surface area contributed by atoms with E-state index in [9.17, 15) is 13.2 Å². The molecule has 0 aromatic heterocycles. The Labute approximate surface area is 123 Å². The third-order valence-electron chi connectivity index (χ3n) is 2.97. The van der Waals surface area contributed by atoms with Gasteiger partial charge < -0.3 is 4.74 Å². The molecule has 2 rings (SSSR count). The van der Waals surface area contributed by atoms with Crippen molar-refractivity contribution in [3.8, 4) is 5.75 Å². The molecule has 0 spiro atoms. The second-order valence-corrected chi connectivity index (χ2v) is 5.36. The van der Waals surface area contributed by atoms with Crippen molar-refractivity contribution in [2.45, 2.75) is 11.2 Å². The smallest absolute Gasteiger partial charge is 0.129 e. The van der Waals surface area contributed by atoms with Gasteiger partial charge in [0, 0.05) is 16.0 Å². The van der Waals surface area contributed by atoms with E-state index < -0.39 is 22.3 Å². The lowest BCUT2D eigenvalue weighted by atomic mass is 10.0. The number of hydrogen-bond acceptors (Lipinski definition) is 1. The normalized spacial score (nSPS) is 12.2. The van der Waals surface area contributed by atoms with Crippen molar-refractivity contribution in [2.75, 3.05) is 7.11 Å². The van der Waals surface area contributed by atoms with Crippen LogP contribution in [0, 0.1) is 17.5 Å². The summed E-state index contributed by atoms with van der Waals surface area (Å²) < 4.78 is 45.7. The SMILES string of the molecule is COc1ccc(F)cc1C(Br)Cc1c(F)cccc1F. The highest BCUT2D eigenvalue weighted by molar-refractivity contribution is 9.09. The first-order chi connectivity index (χ1) is 9.52. The fourth-order valence-corrected chi connectivity index (χ4v) is 2.65. The lowest BCUT2D eigenvalue weighted by Crippen LogP contribution is -2.03. The predicted octanol–water partition coefficient (Wildman–Crippen LogP) is 4.79. The van der Waals surface area contributed by atoms with Gasteiger partial charge in [0.05, 0.1) is 7.11 Å². The van der Waals surface area contributed by atoms with E-state index in [1.807, 2.05) is 0 Å². The molecular weight excluding hydrogens is 333 g/mol. The molecule has 5 heteroatoms. The van der Waals surface area contributed by atoms with Crippen LogP contribution in [-0.4, -0.2) is 7.11 Å². The highest BCUT2D eigenvalue weighted by atomic mass is 79.9. The van der Waals surface area contributed by atoms with Gasteiger partial charge in [-0.05, 0) is 36.8 Å². The Morgan fingerprint density at radius 2 is 1.75 bits per heavy atom. The van der Waals surface area contributed by atoms with Crippen LogP contribution < -0.4 is 4.74 Å².